The van der Waals surface area contributed by atoms with Crippen LogP contribution in [-0.4, -0.2) is 97.5 Å². The zero-order valence-electron chi connectivity index (χ0n) is 18.3. The molecule has 4 aliphatic rings. The molecule has 0 aromatic heterocycles. The summed E-state index contributed by atoms with van der Waals surface area (Å²) in [4.78, 5) is 43.8. The fourth-order valence-electron chi connectivity index (χ4n) is 5.47. The van der Waals surface area contributed by atoms with E-state index in [2.05, 4.69) is 22.2 Å². The summed E-state index contributed by atoms with van der Waals surface area (Å²) in [6, 6.07) is 0.372. The van der Waals surface area contributed by atoms with Gasteiger partial charge in [-0.15, -0.1) is 0 Å². The molecule has 0 bridgehead atoms. The molecule has 1 N–H and O–H groups in total. The molecule has 0 spiro atoms. The average Bonchev–Trinajstić information content (AvgIpc) is 3.50. The second-order valence-corrected chi connectivity index (χ2v) is 9.52. The Morgan fingerprint density at radius 3 is 2.50 bits per heavy atom. The lowest BCUT2D eigenvalue weighted by Crippen LogP contribution is -2.50. The first kappa shape index (κ1) is 21.6. The molecular weight excluding hydrogens is 384 g/mol. The maximum absolute atomic E-state index is 12.8. The van der Waals surface area contributed by atoms with Crippen LogP contribution < -0.4 is 5.32 Å². The Kier molecular flexibility index (Phi) is 6.63. The van der Waals surface area contributed by atoms with Crippen molar-refractivity contribution in [2.75, 3.05) is 46.9 Å². The van der Waals surface area contributed by atoms with E-state index in [1.54, 1.807) is 0 Å². The Morgan fingerprint density at radius 2 is 1.83 bits per heavy atom. The quantitative estimate of drug-likeness (QED) is 0.629. The minimum Gasteiger partial charge on any atom is -0.469 e. The summed E-state index contributed by atoms with van der Waals surface area (Å²) in [7, 11) is 3.54. The average molecular weight is 421 g/mol. The summed E-state index contributed by atoms with van der Waals surface area (Å²) >= 11 is 0. The van der Waals surface area contributed by atoms with E-state index in [1.165, 1.54) is 20.0 Å². The van der Waals surface area contributed by atoms with Crippen molar-refractivity contribution in [1.82, 2.24) is 20.0 Å². The Bertz CT molecular complexity index is 660. The van der Waals surface area contributed by atoms with Crippen LogP contribution in [0.15, 0.2) is 0 Å². The standard InChI is InChI=1S/C22H36N4O4/c1-24-17(5-6-19(27)25-10-7-16(8-11-25)22(29)30-2)13-23-21(28)20-18(24)9-12-26(20)14-15-3-4-15/h15-18,20H,3-14H2,1-2H3,(H,23,28)/t17-,18+,20-/m0/s1. The molecule has 0 unspecified atom stereocenters. The topological polar surface area (TPSA) is 82.2 Å². The van der Waals surface area contributed by atoms with Gasteiger partial charge in [-0.25, -0.2) is 0 Å². The number of esters is 1. The summed E-state index contributed by atoms with van der Waals surface area (Å²) in [5.74, 6) is 0.839. The highest BCUT2D eigenvalue weighted by atomic mass is 16.5. The van der Waals surface area contributed by atoms with Gasteiger partial charge in [0.05, 0.1) is 13.0 Å². The van der Waals surface area contributed by atoms with Gasteiger partial charge in [-0.3, -0.25) is 24.2 Å². The first-order chi connectivity index (χ1) is 14.5. The molecule has 3 atom stereocenters. The predicted molar refractivity (Wildman–Crippen MR) is 112 cm³/mol. The van der Waals surface area contributed by atoms with Crippen molar-refractivity contribution in [3.8, 4) is 0 Å². The number of hydrogen-bond acceptors (Lipinski definition) is 6. The highest BCUT2D eigenvalue weighted by Crippen LogP contribution is 2.34. The number of methoxy groups -OCH3 is 1. The van der Waals surface area contributed by atoms with E-state index in [9.17, 15) is 14.4 Å². The Balaban J connectivity index is 1.28. The molecule has 3 heterocycles. The zero-order valence-corrected chi connectivity index (χ0v) is 18.3. The molecule has 2 amide bonds. The number of nitrogens with one attached hydrogen (secondary N) is 1. The maximum atomic E-state index is 12.8. The van der Waals surface area contributed by atoms with Crippen molar-refractivity contribution >= 4 is 17.8 Å². The highest BCUT2D eigenvalue weighted by Gasteiger charge is 2.46. The van der Waals surface area contributed by atoms with E-state index < -0.39 is 0 Å². The van der Waals surface area contributed by atoms with Crippen LogP contribution in [0.3, 0.4) is 0 Å². The van der Waals surface area contributed by atoms with Crippen molar-refractivity contribution < 1.29 is 19.1 Å². The highest BCUT2D eigenvalue weighted by molar-refractivity contribution is 5.83. The SMILES string of the molecule is COC(=O)C1CCN(C(=O)CC[C@H]2CNC(=O)[C@@H]3[C@@H](CCN3CC3CC3)N2C)CC1. The smallest absolute Gasteiger partial charge is 0.308 e. The van der Waals surface area contributed by atoms with Gasteiger partial charge < -0.3 is 15.0 Å². The van der Waals surface area contributed by atoms with Crippen LogP contribution in [0.25, 0.3) is 0 Å². The van der Waals surface area contributed by atoms with Crippen LogP contribution in [0, 0.1) is 11.8 Å². The third-order valence-corrected chi connectivity index (χ3v) is 7.61. The Hall–Kier alpha value is -1.67. The summed E-state index contributed by atoms with van der Waals surface area (Å²) in [6.45, 7) is 3.89. The second-order valence-electron chi connectivity index (χ2n) is 9.52. The lowest BCUT2D eigenvalue weighted by Gasteiger charge is -2.34. The van der Waals surface area contributed by atoms with Gasteiger partial charge in [-0.05, 0) is 51.5 Å². The molecule has 30 heavy (non-hydrogen) atoms. The van der Waals surface area contributed by atoms with Crippen LogP contribution in [0.1, 0.15) is 44.9 Å². The second kappa shape index (κ2) is 9.22. The molecule has 8 nitrogen and oxygen atoms in total. The molecular formula is C22H36N4O4. The van der Waals surface area contributed by atoms with Gasteiger partial charge in [-0.2, -0.15) is 0 Å². The van der Waals surface area contributed by atoms with E-state index in [1.807, 2.05) is 4.90 Å². The van der Waals surface area contributed by atoms with Crippen molar-refractivity contribution in [3.63, 3.8) is 0 Å². The first-order valence-electron chi connectivity index (χ1n) is 11.6. The molecule has 3 saturated heterocycles. The van der Waals surface area contributed by atoms with Crippen LogP contribution in [-0.2, 0) is 19.1 Å². The van der Waals surface area contributed by atoms with Crippen LogP contribution in [0.4, 0.5) is 0 Å². The molecule has 8 heteroatoms. The van der Waals surface area contributed by atoms with Gasteiger partial charge in [-0.1, -0.05) is 0 Å². The number of carbonyl (C=O) groups excluding carboxylic acids is 3. The molecule has 1 aliphatic carbocycles. The van der Waals surface area contributed by atoms with Crippen molar-refractivity contribution in [3.05, 3.63) is 0 Å². The minimum absolute atomic E-state index is 0.0475. The summed E-state index contributed by atoms with van der Waals surface area (Å²) < 4.78 is 4.83. The van der Waals surface area contributed by atoms with Gasteiger partial charge >= 0.3 is 5.97 Å². The molecule has 1 saturated carbocycles. The van der Waals surface area contributed by atoms with Crippen molar-refractivity contribution in [2.24, 2.45) is 11.8 Å². The number of nitrogens with zero attached hydrogens (tertiary/aromatic N) is 3. The number of amides is 2. The molecule has 3 aliphatic heterocycles. The summed E-state index contributed by atoms with van der Waals surface area (Å²) in [5.41, 5.74) is 0. The van der Waals surface area contributed by atoms with Crippen molar-refractivity contribution in [2.45, 2.75) is 63.1 Å². The number of likely N-dealkylation sites (tertiary alicyclic amines) is 2. The van der Waals surface area contributed by atoms with Crippen LogP contribution in [0.5, 0.6) is 0 Å². The number of likely N-dealkylation sites (N-methyl/N-ethyl adjacent to an activating group) is 1. The number of ether oxygens (including phenoxy) is 1. The predicted octanol–water partition coefficient (Wildman–Crippen LogP) is 0.461. The third kappa shape index (κ3) is 4.64. The van der Waals surface area contributed by atoms with Gasteiger partial charge in [0.15, 0.2) is 0 Å². The molecule has 0 aromatic rings. The largest absolute Gasteiger partial charge is 0.469 e. The van der Waals surface area contributed by atoms with E-state index in [-0.39, 0.29) is 41.8 Å². The van der Waals surface area contributed by atoms with Gasteiger partial charge in [0, 0.05) is 51.2 Å². The molecule has 0 aromatic carbocycles. The number of hydrogen-bond donors (Lipinski definition) is 1. The fourth-order valence-corrected chi connectivity index (χ4v) is 5.47. The number of fused-ring (bicyclic) bond motifs is 1. The van der Waals surface area contributed by atoms with Gasteiger partial charge in [0.2, 0.25) is 11.8 Å². The van der Waals surface area contributed by atoms with Crippen LogP contribution in [0.2, 0.25) is 0 Å². The van der Waals surface area contributed by atoms with E-state index >= 15 is 0 Å². The third-order valence-electron chi connectivity index (χ3n) is 7.61. The molecule has 4 fully saturated rings. The van der Waals surface area contributed by atoms with E-state index in [4.69, 9.17) is 4.74 Å². The lowest BCUT2D eigenvalue weighted by molar-refractivity contribution is -0.149. The Labute approximate surface area is 179 Å². The monoisotopic (exact) mass is 420 g/mol. The minimum atomic E-state index is -0.167. The van der Waals surface area contributed by atoms with Gasteiger partial charge in [0.25, 0.3) is 0 Å². The van der Waals surface area contributed by atoms with E-state index in [0.717, 1.165) is 31.8 Å². The first-order valence-corrected chi connectivity index (χ1v) is 11.6. The molecule has 4 rings (SSSR count). The van der Waals surface area contributed by atoms with Crippen molar-refractivity contribution in [1.29, 1.82) is 0 Å². The Morgan fingerprint density at radius 1 is 1.10 bits per heavy atom. The van der Waals surface area contributed by atoms with Crippen LogP contribution >= 0.6 is 0 Å². The molecule has 0 radical (unpaired) electrons. The lowest BCUT2D eigenvalue weighted by atomic mass is 9.96. The number of carbonyl (C=O) groups is 3. The van der Waals surface area contributed by atoms with Gasteiger partial charge in [0.1, 0.15) is 6.04 Å². The maximum Gasteiger partial charge on any atom is 0.308 e. The number of rotatable bonds is 6. The zero-order chi connectivity index (χ0) is 21.3. The fraction of sp³-hybridized carbons (Fsp3) is 0.864. The number of piperidine rings is 1. The normalized spacial score (nSPS) is 31.2. The van der Waals surface area contributed by atoms with E-state index in [0.29, 0.717) is 38.9 Å². The summed E-state index contributed by atoms with van der Waals surface area (Å²) in [6.07, 6.45) is 6.21. The summed E-state index contributed by atoms with van der Waals surface area (Å²) in [5, 5.41) is 3.15. The molecule has 168 valence electrons.